The summed E-state index contributed by atoms with van der Waals surface area (Å²) in [4.78, 5) is 25.1. The largest absolute Gasteiger partial charge is 0.333 e. The van der Waals surface area contributed by atoms with E-state index in [2.05, 4.69) is 15.9 Å². The number of fused-ring (bicyclic) bond motifs is 2. The lowest BCUT2D eigenvalue weighted by molar-refractivity contribution is -0.385. The zero-order chi connectivity index (χ0) is 15.1. The molecule has 0 spiro atoms. The molecule has 1 aromatic carbocycles. The van der Waals surface area contributed by atoms with Crippen LogP contribution in [0.5, 0.6) is 0 Å². The van der Waals surface area contributed by atoms with Crippen LogP contribution in [0.4, 0.5) is 5.69 Å². The third kappa shape index (κ3) is 2.79. The van der Waals surface area contributed by atoms with Crippen LogP contribution in [0.1, 0.15) is 36.0 Å². The molecule has 3 rings (SSSR count). The van der Waals surface area contributed by atoms with Crippen LogP contribution in [0.15, 0.2) is 22.7 Å². The molecule has 2 atom stereocenters. The van der Waals surface area contributed by atoms with Crippen molar-refractivity contribution in [3.05, 3.63) is 38.3 Å². The summed E-state index contributed by atoms with van der Waals surface area (Å²) in [6.07, 6.45) is 3.55. The molecule has 2 aliphatic rings. The molecule has 0 saturated carbocycles. The van der Waals surface area contributed by atoms with Gasteiger partial charge in [-0.05, 0) is 31.7 Å². The van der Waals surface area contributed by atoms with E-state index < -0.39 is 4.92 Å². The fourth-order valence-electron chi connectivity index (χ4n) is 3.39. The number of hydrogen-bond donors (Lipinski definition) is 0. The molecule has 1 amide bonds. The summed E-state index contributed by atoms with van der Waals surface area (Å²) >= 11 is 9.45. The molecule has 21 heavy (non-hydrogen) atoms. The van der Waals surface area contributed by atoms with E-state index in [1.54, 1.807) is 6.07 Å². The van der Waals surface area contributed by atoms with E-state index in [9.17, 15) is 14.9 Å². The number of nitrogens with zero attached hydrogens (tertiary/aromatic N) is 2. The number of non-ortho nitro benzene ring substituents is 1. The molecule has 2 aliphatic heterocycles. The first-order valence-corrected chi connectivity index (χ1v) is 8.10. The van der Waals surface area contributed by atoms with Gasteiger partial charge >= 0.3 is 0 Å². The van der Waals surface area contributed by atoms with E-state index in [1.807, 2.05) is 4.90 Å². The SMILES string of the molecule is O=C(c1cc(Br)cc([N+](=O)[O-])c1)N1C2CCC1CC(Cl)C2. The van der Waals surface area contributed by atoms with Crippen molar-refractivity contribution in [2.24, 2.45) is 0 Å². The highest BCUT2D eigenvalue weighted by molar-refractivity contribution is 9.10. The molecule has 112 valence electrons. The molecule has 5 nitrogen and oxygen atoms in total. The molecule has 7 heteroatoms. The maximum atomic E-state index is 12.7. The third-order valence-corrected chi connectivity index (χ3v) is 5.06. The highest BCUT2D eigenvalue weighted by atomic mass is 79.9. The second-order valence-electron chi connectivity index (χ2n) is 5.62. The maximum Gasteiger partial charge on any atom is 0.271 e. The van der Waals surface area contributed by atoms with Crippen LogP contribution in [0.25, 0.3) is 0 Å². The molecule has 1 aromatic rings. The van der Waals surface area contributed by atoms with Crippen LogP contribution in [0.2, 0.25) is 0 Å². The minimum atomic E-state index is -0.485. The normalized spacial score (nSPS) is 27.7. The molecule has 0 radical (unpaired) electrons. The van der Waals surface area contributed by atoms with E-state index in [0.29, 0.717) is 10.0 Å². The smallest absolute Gasteiger partial charge is 0.271 e. The second-order valence-corrected chi connectivity index (χ2v) is 7.15. The number of carbonyl (C=O) groups is 1. The van der Waals surface area contributed by atoms with E-state index in [4.69, 9.17) is 11.6 Å². The van der Waals surface area contributed by atoms with Crippen molar-refractivity contribution in [2.45, 2.75) is 43.1 Å². The van der Waals surface area contributed by atoms with Crippen molar-refractivity contribution in [2.75, 3.05) is 0 Å². The van der Waals surface area contributed by atoms with Crippen LogP contribution in [-0.4, -0.2) is 33.2 Å². The topological polar surface area (TPSA) is 63.4 Å². The zero-order valence-corrected chi connectivity index (χ0v) is 13.5. The summed E-state index contributed by atoms with van der Waals surface area (Å²) in [6.45, 7) is 0. The number of carbonyl (C=O) groups excluding carboxylic acids is 1. The predicted molar refractivity (Wildman–Crippen MR) is 82.7 cm³/mol. The molecule has 0 N–H and O–H groups in total. The number of rotatable bonds is 2. The Bertz CT molecular complexity index is 596. The van der Waals surface area contributed by atoms with Gasteiger partial charge in [-0.15, -0.1) is 11.6 Å². The summed E-state index contributed by atoms with van der Waals surface area (Å²) in [5.74, 6) is -0.129. The molecule has 0 aromatic heterocycles. The number of alkyl halides is 1. The third-order valence-electron chi connectivity index (χ3n) is 4.25. The summed E-state index contributed by atoms with van der Waals surface area (Å²) in [7, 11) is 0. The Balaban J connectivity index is 1.91. The summed E-state index contributed by atoms with van der Waals surface area (Å²) in [5, 5.41) is 11.1. The molecule has 2 fully saturated rings. The highest BCUT2D eigenvalue weighted by Crippen LogP contribution is 2.39. The highest BCUT2D eigenvalue weighted by Gasteiger charge is 2.43. The van der Waals surface area contributed by atoms with Crippen LogP contribution in [0, 0.1) is 10.1 Å². The van der Waals surface area contributed by atoms with Gasteiger partial charge in [0.25, 0.3) is 11.6 Å². The van der Waals surface area contributed by atoms with E-state index in [-0.39, 0.29) is 29.1 Å². The molecule has 2 saturated heterocycles. The zero-order valence-electron chi connectivity index (χ0n) is 11.2. The summed E-state index contributed by atoms with van der Waals surface area (Å²) < 4.78 is 0.541. The maximum absolute atomic E-state index is 12.7. The Morgan fingerprint density at radius 1 is 1.29 bits per heavy atom. The quantitative estimate of drug-likeness (QED) is 0.451. The van der Waals surface area contributed by atoms with Gasteiger partial charge in [-0.1, -0.05) is 15.9 Å². The predicted octanol–water partition coefficient (Wildman–Crippen LogP) is 3.73. The summed E-state index contributed by atoms with van der Waals surface area (Å²) in [6, 6.07) is 4.71. The second kappa shape index (κ2) is 5.57. The van der Waals surface area contributed by atoms with Crippen molar-refractivity contribution in [3.63, 3.8) is 0 Å². The number of amides is 1. The number of halogens is 2. The van der Waals surface area contributed by atoms with Crippen molar-refractivity contribution in [1.29, 1.82) is 0 Å². The standard InChI is InChI=1S/C14H14BrClN2O3/c15-9-3-8(4-13(5-9)18(20)21)14(19)17-11-1-2-12(17)7-10(16)6-11/h3-5,10-12H,1-2,6-7H2. The van der Waals surface area contributed by atoms with Gasteiger partial charge in [0.1, 0.15) is 0 Å². The fourth-order valence-corrected chi connectivity index (χ4v) is 4.29. The number of nitro benzene ring substituents is 1. The first-order chi connectivity index (χ1) is 9.95. The average molecular weight is 374 g/mol. The van der Waals surface area contributed by atoms with Crippen LogP contribution >= 0.6 is 27.5 Å². The van der Waals surface area contributed by atoms with Crippen LogP contribution < -0.4 is 0 Å². The Morgan fingerprint density at radius 3 is 2.48 bits per heavy atom. The van der Waals surface area contributed by atoms with Gasteiger partial charge in [0.15, 0.2) is 0 Å². The van der Waals surface area contributed by atoms with E-state index >= 15 is 0 Å². The minimum Gasteiger partial charge on any atom is -0.333 e. The molecular formula is C14H14BrClN2O3. The van der Waals surface area contributed by atoms with Gasteiger partial charge in [0.05, 0.1) is 4.92 Å². The van der Waals surface area contributed by atoms with Gasteiger partial charge in [0.2, 0.25) is 0 Å². The van der Waals surface area contributed by atoms with Gasteiger partial charge in [-0.2, -0.15) is 0 Å². The molecule has 2 heterocycles. The lowest BCUT2D eigenvalue weighted by Crippen LogP contribution is -2.46. The molecule has 0 aliphatic carbocycles. The number of nitro groups is 1. The average Bonchev–Trinajstić information content (AvgIpc) is 2.69. The van der Waals surface area contributed by atoms with Crippen LogP contribution in [-0.2, 0) is 0 Å². The monoisotopic (exact) mass is 372 g/mol. The minimum absolute atomic E-state index is 0.0766. The van der Waals surface area contributed by atoms with Gasteiger partial charge < -0.3 is 4.90 Å². The van der Waals surface area contributed by atoms with Crippen molar-refractivity contribution >= 4 is 39.1 Å². The Hall–Kier alpha value is -1.14. The molecule has 2 bridgehead atoms. The van der Waals surface area contributed by atoms with Crippen molar-refractivity contribution < 1.29 is 9.72 Å². The Kier molecular flexibility index (Phi) is 3.92. The summed E-state index contributed by atoms with van der Waals surface area (Å²) in [5.41, 5.74) is 0.285. The van der Waals surface area contributed by atoms with E-state index in [0.717, 1.165) is 25.7 Å². The van der Waals surface area contributed by atoms with Crippen molar-refractivity contribution in [1.82, 2.24) is 4.90 Å². The number of piperidine rings is 1. The molecular weight excluding hydrogens is 360 g/mol. The lowest BCUT2D eigenvalue weighted by atomic mass is 10.0. The Morgan fingerprint density at radius 2 is 1.90 bits per heavy atom. The van der Waals surface area contributed by atoms with Crippen molar-refractivity contribution in [3.8, 4) is 0 Å². The van der Waals surface area contributed by atoms with Gasteiger partial charge in [-0.3, -0.25) is 14.9 Å². The number of benzene rings is 1. The number of hydrogen-bond acceptors (Lipinski definition) is 3. The first kappa shape index (κ1) is 14.8. The van der Waals surface area contributed by atoms with Gasteiger partial charge in [0, 0.05) is 39.6 Å². The Labute approximate surface area is 135 Å². The lowest BCUT2D eigenvalue weighted by Gasteiger charge is -2.37. The van der Waals surface area contributed by atoms with E-state index in [1.165, 1.54) is 12.1 Å². The van der Waals surface area contributed by atoms with Crippen LogP contribution in [0.3, 0.4) is 0 Å². The fraction of sp³-hybridized carbons (Fsp3) is 0.500. The molecule has 2 unspecified atom stereocenters. The first-order valence-electron chi connectivity index (χ1n) is 6.87. The van der Waals surface area contributed by atoms with Gasteiger partial charge in [-0.25, -0.2) is 0 Å².